The van der Waals surface area contributed by atoms with Crippen LogP contribution in [0.25, 0.3) is 0 Å². The Labute approximate surface area is 226 Å². The van der Waals surface area contributed by atoms with Crippen LogP contribution in [0.1, 0.15) is 79.4 Å². The van der Waals surface area contributed by atoms with Crippen LogP contribution in [0.4, 0.5) is 9.59 Å². The number of carbonyl (C=O) groups is 2. The summed E-state index contributed by atoms with van der Waals surface area (Å²) in [5, 5.41) is 0. The van der Waals surface area contributed by atoms with Crippen molar-refractivity contribution >= 4 is 18.0 Å². The standard InChI is InChI=1S/C28H44N4O6/c1-17(13-19-15-32(16-19)26(34)37-28(6,7)8)30-24(29)21-10-12-23-20(14-21)9-11-22(35-23)18(2)38-31-25(33)36-27(3,4)5/h10,12,14,17-19,22H,9,11,13,15-16H2,1-8H3,(H2,29,30)(H,31,33). The van der Waals surface area contributed by atoms with E-state index in [1.54, 1.807) is 25.7 Å². The van der Waals surface area contributed by atoms with E-state index in [9.17, 15) is 9.59 Å². The second kappa shape index (κ2) is 11.8. The Hall–Kier alpha value is -3.01. The molecular weight excluding hydrogens is 488 g/mol. The van der Waals surface area contributed by atoms with Gasteiger partial charge in [0, 0.05) is 24.7 Å². The molecule has 1 aromatic carbocycles. The van der Waals surface area contributed by atoms with Crippen LogP contribution in [-0.2, 0) is 20.7 Å². The number of fused-ring (bicyclic) bond motifs is 1. The minimum atomic E-state index is -0.633. The second-order valence-corrected chi connectivity index (χ2v) is 12.3. The zero-order valence-corrected chi connectivity index (χ0v) is 24.0. The van der Waals surface area contributed by atoms with Crippen LogP contribution in [0.5, 0.6) is 5.75 Å². The summed E-state index contributed by atoms with van der Waals surface area (Å²) in [6, 6.07) is 5.87. The van der Waals surface area contributed by atoms with Gasteiger partial charge in [-0.2, -0.15) is 5.48 Å². The number of hydroxylamine groups is 1. The number of ether oxygens (including phenoxy) is 3. The van der Waals surface area contributed by atoms with E-state index in [0.29, 0.717) is 24.8 Å². The van der Waals surface area contributed by atoms with Gasteiger partial charge in [0.05, 0.1) is 0 Å². The summed E-state index contributed by atoms with van der Waals surface area (Å²) in [6.45, 7) is 16.2. The maximum Gasteiger partial charge on any atom is 0.431 e. The predicted octanol–water partition coefficient (Wildman–Crippen LogP) is 4.58. The van der Waals surface area contributed by atoms with Crippen molar-refractivity contribution in [1.82, 2.24) is 10.4 Å². The number of aliphatic imine (C=N–C) groups is 1. The number of benzene rings is 1. The molecule has 0 saturated carbocycles. The molecule has 0 aliphatic carbocycles. The molecule has 38 heavy (non-hydrogen) atoms. The third-order valence-corrected chi connectivity index (χ3v) is 6.23. The molecule has 0 bridgehead atoms. The molecule has 3 atom stereocenters. The lowest BCUT2D eigenvalue weighted by Gasteiger charge is -2.40. The van der Waals surface area contributed by atoms with Crippen molar-refractivity contribution in [2.75, 3.05) is 13.1 Å². The molecule has 2 heterocycles. The molecule has 212 valence electrons. The number of amidine groups is 1. The minimum Gasteiger partial charge on any atom is -0.487 e. The molecule has 10 nitrogen and oxygen atoms in total. The van der Waals surface area contributed by atoms with Gasteiger partial charge >= 0.3 is 12.2 Å². The first-order chi connectivity index (χ1) is 17.6. The highest BCUT2D eigenvalue weighted by Gasteiger charge is 2.34. The van der Waals surface area contributed by atoms with Crippen molar-refractivity contribution in [2.24, 2.45) is 16.6 Å². The van der Waals surface area contributed by atoms with Crippen molar-refractivity contribution in [3.05, 3.63) is 29.3 Å². The Morgan fingerprint density at radius 3 is 2.42 bits per heavy atom. The summed E-state index contributed by atoms with van der Waals surface area (Å²) in [5.41, 5.74) is 9.52. The van der Waals surface area contributed by atoms with Gasteiger partial charge < -0.3 is 24.8 Å². The van der Waals surface area contributed by atoms with E-state index in [-0.39, 0.29) is 24.3 Å². The summed E-state index contributed by atoms with van der Waals surface area (Å²) in [6.07, 6.45) is 0.911. The summed E-state index contributed by atoms with van der Waals surface area (Å²) in [5.74, 6) is 1.65. The molecule has 10 heteroatoms. The normalized spacial score (nSPS) is 19.9. The highest BCUT2D eigenvalue weighted by atomic mass is 16.7. The quantitative estimate of drug-likeness (QED) is 0.299. The molecule has 3 unspecified atom stereocenters. The van der Waals surface area contributed by atoms with Gasteiger partial charge in [0.1, 0.15) is 35.0 Å². The first-order valence-electron chi connectivity index (χ1n) is 13.4. The smallest absolute Gasteiger partial charge is 0.431 e. The van der Waals surface area contributed by atoms with Gasteiger partial charge in [-0.15, -0.1) is 0 Å². The molecular formula is C28H44N4O6. The van der Waals surface area contributed by atoms with Crippen molar-refractivity contribution in [3.63, 3.8) is 0 Å². The van der Waals surface area contributed by atoms with Gasteiger partial charge in [-0.1, -0.05) is 0 Å². The maximum atomic E-state index is 12.1. The number of hydrogen-bond acceptors (Lipinski definition) is 7. The summed E-state index contributed by atoms with van der Waals surface area (Å²) >= 11 is 0. The van der Waals surface area contributed by atoms with Gasteiger partial charge in [-0.05, 0) is 104 Å². The van der Waals surface area contributed by atoms with E-state index in [1.807, 2.05) is 52.8 Å². The van der Waals surface area contributed by atoms with E-state index < -0.39 is 17.3 Å². The van der Waals surface area contributed by atoms with Crippen LogP contribution in [0.15, 0.2) is 23.2 Å². The van der Waals surface area contributed by atoms with E-state index in [4.69, 9.17) is 29.8 Å². The highest BCUT2D eigenvalue weighted by Crippen LogP contribution is 2.30. The van der Waals surface area contributed by atoms with Gasteiger partial charge in [-0.25, -0.2) is 9.59 Å². The third-order valence-electron chi connectivity index (χ3n) is 6.23. The van der Waals surface area contributed by atoms with Gasteiger partial charge in [0.15, 0.2) is 0 Å². The maximum absolute atomic E-state index is 12.1. The van der Waals surface area contributed by atoms with Crippen molar-refractivity contribution in [1.29, 1.82) is 0 Å². The summed E-state index contributed by atoms with van der Waals surface area (Å²) < 4.78 is 16.8. The largest absolute Gasteiger partial charge is 0.487 e. The van der Waals surface area contributed by atoms with E-state index >= 15 is 0 Å². The Bertz CT molecular complexity index is 1020. The SMILES string of the molecule is CC(CC1CN(C(=O)OC(C)(C)C)C1)N=C(N)c1ccc2c(c1)CCC(C(C)ONC(=O)OC(C)(C)C)O2. The van der Waals surface area contributed by atoms with Gasteiger partial charge in [-0.3, -0.25) is 9.83 Å². The van der Waals surface area contributed by atoms with E-state index in [2.05, 4.69) is 5.48 Å². The first-order valence-corrected chi connectivity index (χ1v) is 13.4. The summed E-state index contributed by atoms with van der Waals surface area (Å²) in [7, 11) is 0. The van der Waals surface area contributed by atoms with Crippen molar-refractivity contribution in [2.45, 2.75) is 104 Å². The molecule has 1 saturated heterocycles. The number of nitrogens with zero attached hydrogens (tertiary/aromatic N) is 2. The Kier molecular flexibility index (Phi) is 9.17. The lowest BCUT2D eigenvalue weighted by Crippen LogP contribution is -2.52. The van der Waals surface area contributed by atoms with Crippen LogP contribution in [0.3, 0.4) is 0 Å². The third kappa shape index (κ3) is 8.79. The molecule has 3 N–H and O–H groups in total. The minimum absolute atomic E-state index is 0.0351. The van der Waals surface area contributed by atoms with Crippen LogP contribution >= 0.6 is 0 Å². The molecule has 3 rings (SSSR count). The fourth-order valence-corrected chi connectivity index (χ4v) is 4.46. The highest BCUT2D eigenvalue weighted by molar-refractivity contribution is 5.98. The number of hydrogen-bond donors (Lipinski definition) is 2. The topological polar surface area (TPSA) is 125 Å². The number of aryl methyl sites for hydroxylation is 1. The number of nitrogens with two attached hydrogens (primary N) is 1. The summed E-state index contributed by atoms with van der Waals surface area (Å²) in [4.78, 5) is 35.9. The Balaban J connectivity index is 1.48. The van der Waals surface area contributed by atoms with Crippen molar-refractivity contribution in [3.8, 4) is 5.75 Å². The number of amides is 2. The number of carbonyl (C=O) groups excluding carboxylic acids is 2. The molecule has 1 aromatic rings. The number of nitrogens with one attached hydrogen (secondary N) is 1. The zero-order valence-electron chi connectivity index (χ0n) is 24.0. The second-order valence-electron chi connectivity index (χ2n) is 12.3. The predicted molar refractivity (Wildman–Crippen MR) is 145 cm³/mol. The molecule has 1 fully saturated rings. The molecule has 2 amide bonds. The average Bonchev–Trinajstić information content (AvgIpc) is 2.76. The zero-order chi connectivity index (χ0) is 28.3. The number of likely N-dealkylation sites (tertiary alicyclic amines) is 1. The van der Waals surface area contributed by atoms with Gasteiger partial charge in [0.25, 0.3) is 0 Å². The molecule has 0 spiro atoms. The number of rotatable bonds is 7. The van der Waals surface area contributed by atoms with Crippen LogP contribution < -0.4 is 16.0 Å². The Morgan fingerprint density at radius 1 is 1.13 bits per heavy atom. The van der Waals surface area contributed by atoms with Crippen molar-refractivity contribution < 1.29 is 28.6 Å². The lowest BCUT2D eigenvalue weighted by molar-refractivity contribution is -0.0775. The van der Waals surface area contributed by atoms with Crippen LogP contribution in [-0.4, -0.2) is 65.5 Å². The fraction of sp³-hybridized carbons (Fsp3) is 0.679. The van der Waals surface area contributed by atoms with E-state index in [1.165, 1.54) is 0 Å². The molecule has 0 radical (unpaired) electrons. The van der Waals surface area contributed by atoms with E-state index in [0.717, 1.165) is 36.1 Å². The average molecular weight is 533 g/mol. The molecule has 2 aliphatic heterocycles. The van der Waals surface area contributed by atoms with Crippen LogP contribution in [0.2, 0.25) is 0 Å². The first kappa shape index (κ1) is 29.5. The monoisotopic (exact) mass is 532 g/mol. The Morgan fingerprint density at radius 2 is 1.79 bits per heavy atom. The fourth-order valence-electron chi connectivity index (χ4n) is 4.46. The van der Waals surface area contributed by atoms with Gasteiger partial charge in [0.2, 0.25) is 0 Å². The molecule has 2 aliphatic rings. The molecule has 0 aromatic heterocycles. The van der Waals surface area contributed by atoms with Crippen LogP contribution in [0, 0.1) is 5.92 Å². The lowest BCUT2D eigenvalue weighted by atomic mass is 9.93.